The third kappa shape index (κ3) is 5.01. The lowest BCUT2D eigenvalue weighted by Crippen LogP contribution is -2.45. The minimum atomic E-state index is -3.78. The van der Waals surface area contributed by atoms with E-state index < -0.39 is 21.8 Å². The highest BCUT2D eigenvalue weighted by atomic mass is 32.2. The Labute approximate surface area is 210 Å². The summed E-state index contributed by atoms with van der Waals surface area (Å²) in [7, 11) is -3.78. The number of hydrogen-bond donors (Lipinski definition) is 0. The summed E-state index contributed by atoms with van der Waals surface area (Å²) in [6, 6.07) is 10.8. The van der Waals surface area contributed by atoms with Gasteiger partial charge in [-0.25, -0.2) is 22.2 Å². The molecular formula is C24H23F2N5O3S2. The Bertz CT molecular complexity index is 1470. The molecule has 1 amide bonds. The van der Waals surface area contributed by atoms with Gasteiger partial charge < -0.3 is 0 Å². The number of halogens is 2. The number of aromatic nitrogens is 3. The molecule has 0 bridgehead atoms. The molecule has 1 aliphatic heterocycles. The number of piperidine rings is 1. The molecule has 3 heterocycles. The molecule has 1 fully saturated rings. The number of sulfonamides is 1. The number of amides is 1. The number of fused-ring (bicyclic) bond motifs is 1. The number of carbonyl (C=O) groups excluding carboxylic acids is 1. The number of thiazole rings is 1. The standard InChI is InChI=1S/C24H23F2N5O3S2/c25-18-2-5-20(6-3-18)36(33,34)30-12-8-17(9-13-30)23(32)31(15-14-29-11-1-10-27-29)24-28-21-7-4-19(26)16-22(21)35-24/h1-7,10-11,16-17H,8-9,12-15H2. The smallest absolute Gasteiger partial charge is 0.243 e. The summed E-state index contributed by atoms with van der Waals surface area (Å²) in [5, 5.41) is 4.66. The van der Waals surface area contributed by atoms with E-state index in [-0.39, 0.29) is 29.7 Å². The molecule has 0 N–H and O–H groups in total. The average molecular weight is 532 g/mol. The molecule has 1 saturated heterocycles. The van der Waals surface area contributed by atoms with E-state index in [0.717, 1.165) is 12.1 Å². The van der Waals surface area contributed by atoms with Crippen LogP contribution >= 0.6 is 11.3 Å². The number of anilines is 1. The summed E-state index contributed by atoms with van der Waals surface area (Å²) in [6.45, 7) is 1.11. The van der Waals surface area contributed by atoms with Crippen molar-refractivity contribution in [3.8, 4) is 0 Å². The van der Waals surface area contributed by atoms with Crippen LogP contribution in [0.25, 0.3) is 10.2 Å². The van der Waals surface area contributed by atoms with E-state index >= 15 is 0 Å². The number of benzene rings is 2. The van der Waals surface area contributed by atoms with Gasteiger partial charge in [0.2, 0.25) is 15.9 Å². The first-order valence-electron chi connectivity index (χ1n) is 11.4. The summed E-state index contributed by atoms with van der Waals surface area (Å²) >= 11 is 1.24. The van der Waals surface area contributed by atoms with Crippen molar-refractivity contribution >= 4 is 42.6 Å². The molecule has 0 saturated carbocycles. The Hall–Kier alpha value is -3.22. The van der Waals surface area contributed by atoms with Crippen LogP contribution in [0.15, 0.2) is 65.8 Å². The van der Waals surface area contributed by atoms with E-state index in [1.165, 1.54) is 39.9 Å². The number of hydrogen-bond acceptors (Lipinski definition) is 6. The Morgan fingerprint density at radius 3 is 2.50 bits per heavy atom. The van der Waals surface area contributed by atoms with Gasteiger partial charge in [0.05, 0.1) is 21.7 Å². The number of rotatable bonds is 7. The van der Waals surface area contributed by atoms with Crippen LogP contribution < -0.4 is 4.90 Å². The highest BCUT2D eigenvalue weighted by Crippen LogP contribution is 2.32. The highest BCUT2D eigenvalue weighted by molar-refractivity contribution is 7.89. The second kappa shape index (κ2) is 10.0. The maximum atomic E-state index is 13.7. The zero-order valence-electron chi connectivity index (χ0n) is 19.1. The van der Waals surface area contributed by atoms with Crippen LogP contribution in [0.1, 0.15) is 12.8 Å². The van der Waals surface area contributed by atoms with E-state index in [1.54, 1.807) is 34.1 Å². The van der Waals surface area contributed by atoms with Crippen LogP contribution in [-0.2, 0) is 21.4 Å². The lowest BCUT2D eigenvalue weighted by Gasteiger charge is -2.33. The quantitative estimate of drug-likeness (QED) is 0.361. The predicted molar refractivity (Wildman–Crippen MR) is 132 cm³/mol. The minimum absolute atomic E-state index is 0.0243. The Morgan fingerprint density at radius 1 is 1.08 bits per heavy atom. The van der Waals surface area contributed by atoms with Gasteiger partial charge in [0.25, 0.3) is 0 Å². The van der Waals surface area contributed by atoms with Crippen LogP contribution in [0.5, 0.6) is 0 Å². The largest absolute Gasteiger partial charge is 0.286 e. The van der Waals surface area contributed by atoms with Crippen molar-refractivity contribution in [2.75, 3.05) is 24.5 Å². The van der Waals surface area contributed by atoms with E-state index in [2.05, 4.69) is 10.1 Å². The lowest BCUT2D eigenvalue weighted by molar-refractivity contribution is -0.123. The van der Waals surface area contributed by atoms with Gasteiger partial charge in [-0.05, 0) is 61.4 Å². The predicted octanol–water partition coefficient (Wildman–Crippen LogP) is 3.91. The second-order valence-corrected chi connectivity index (χ2v) is 11.4. The van der Waals surface area contributed by atoms with Gasteiger partial charge in [-0.3, -0.25) is 14.4 Å². The molecule has 0 unspecified atom stereocenters. The maximum absolute atomic E-state index is 13.7. The van der Waals surface area contributed by atoms with Crippen molar-refractivity contribution in [1.29, 1.82) is 0 Å². The highest BCUT2D eigenvalue weighted by Gasteiger charge is 2.35. The monoisotopic (exact) mass is 531 g/mol. The third-order valence-electron chi connectivity index (χ3n) is 6.20. The second-order valence-electron chi connectivity index (χ2n) is 8.50. The van der Waals surface area contributed by atoms with Crippen LogP contribution in [0.2, 0.25) is 0 Å². The fourth-order valence-electron chi connectivity index (χ4n) is 4.26. The first-order valence-corrected chi connectivity index (χ1v) is 13.7. The van der Waals surface area contributed by atoms with Crippen molar-refractivity contribution in [3.05, 3.63) is 72.6 Å². The maximum Gasteiger partial charge on any atom is 0.243 e. The van der Waals surface area contributed by atoms with Gasteiger partial charge in [-0.2, -0.15) is 9.40 Å². The molecule has 0 spiro atoms. The molecule has 0 radical (unpaired) electrons. The Morgan fingerprint density at radius 2 is 1.81 bits per heavy atom. The zero-order valence-corrected chi connectivity index (χ0v) is 20.8. The first kappa shape index (κ1) is 24.5. The van der Waals surface area contributed by atoms with Gasteiger partial charge in [-0.15, -0.1) is 0 Å². The fourth-order valence-corrected chi connectivity index (χ4v) is 6.75. The van der Waals surface area contributed by atoms with E-state index in [0.29, 0.717) is 41.3 Å². The van der Waals surface area contributed by atoms with Gasteiger partial charge in [0.1, 0.15) is 11.6 Å². The molecule has 12 heteroatoms. The van der Waals surface area contributed by atoms with Crippen LogP contribution in [0, 0.1) is 17.6 Å². The molecule has 1 aliphatic rings. The Kier molecular flexibility index (Phi) is 6.82. The SMILES string of the molecule is O=C(C1CCN(S(=O)(=O)c2ccc(F)cc2)CC1)N(CCn1cccn1)c1nc2ccc(F)cc2s1. The first-order chi connectivity index (χ1) is 17.3. The van der Waals surface area contributed by atoms with Crippen molar-refractivity contribution in [2.45, 2.75) is 24.3 Å². The van der Waals surface area contributed by atoms with Gasteiger partial charge in [0, 0.05) is 37.9 Å². The van der Waals surface area contributed by atoms with Crippen LogP contribution in [0.4, 0.5) is 13.9 Å². The molecule has 2 aromatic heterocycles. The molecule has 2 aromatic carbocycles. The summed E-state index contributed by atoms with van der Waals surface area (Å²) in [5.74, 6) is -1.43. The Balaban J connectivity index is 1.33. The topological polar surface area (TPSA) is 88.4 Å². The molecule has 5 rings (SSSR count). The molecule has 8 nitrogen and oxygen atoms in total. The van der Waals surface area contributed by atoms with Crippen LogP contribution in [0.3, 0.4) is 0 Å². The van der Waals surface area contributed by atoms with E-state index in [1.807, 2.05) is 0 Å². The fraction of sp³-hybridized carbons (Fsp3) is 0.292. The zero-order chi connectivity index (χ0) is 25.3. The van der Waals surface area contributed by atoms with Crippen LogP contribution in [-0.4, -0.2) is 53.0 Å². The van der Waals surface area contributed by atoms with E-state index in [9.17, 15) is 22.0 Å². The molecule has 188 valence electrons. The number of carbonyl (C=O) groups is 1. The third-order valence-corrected chi connectivity index (χ3v) is 9.16. The summed E-state index contributed by atoms with van der Waals surface area (Å²) in [5.41, 5.74) is 0.605. The van der Waals surface area contributed by atoms with Gasteiger partial charge in [0.15, 0.2) is 5.13 Å². The molecule has 0 atom stereocenters. The number of nitrogens with zero attached hydrogens (tertiary/aromatic N) is 5. The van der Waals surface area contributed by atoms with Crippen molar-refractivity contribution in [2.24, 2.45) is 5.92 Å². The van der Waals surface area contributed by atoms with E-state index in [4.69, 9.17) is 0 Å². The van der Waals surface area contributed by atoms with Gasteiger partial charge in [-0.1, -0.05) is 11.3 Å². The van der Waals surface area contributed by atoms with Crippen molar-refractivity contribution < 1.29 is 22.0 Å². The summed E-state index contributed by atoms with van der Waals surface area (Å²) in [6.07, 6.45) is 4.15. The average Bonchev–Trinajstić information content (AvgIpc) is 3.54. The molecule has 4 aromatic rings. The van der Waals surface area contributed by atoms with Crippen molar-refractivity contribution in [1.82, 2.24) is 19.1 Å². The van der Waals surface area contributed by atoms with Crippen molar-refractivity contribution in [3.63, 3.8) is 0 Å². The summed E-state index contributed by atoms with van der Waals surface area (Å²) < 4.78 is 56.5. The molecule has 36 heavy (non-hydrogen) atoms. The molecule has 0 aliphatic carbocycles. The lowest BCUT2D eigenvalue weighted by atomic mass is 9.96. The minimum Gasteiger partial charge on any atom is -0.286 e. The normalized spacial score (nSPS) is 15.4. The van der Waals surface area contributed by atoms with Gasteiger partial charge >= 0.3 is 0 Å². The molecular weight excluding hydrogens is 508 g/mol. The summed E-state index contributed by atoms with van der Waals surface area (Å²) in [4.78, 5) is 19.8.